The Labute approximate surface area is 108 Å². The predicted octanol–water partition coefficient (Wildman–Crippen LogP) is 2.86. The standard InChI is InChI=1S/C11H14BrN3S/c1-7-5-16-6-8(7)10(13-2)11-9(12)4-14-15(11)3/h4-6,10,13H,1-3H3. The number of hydrogen-bond donors (Lipinski definition) is 1. The molecule has 0 amide bonds. The predicted molar refractivity (Wildman–Crippen MR) is 70.9 cm³/mol. The van der Waals surface area contributed by atoms with Crippen LogP contribution in [0.15, 0.2) is 21.4 Å². The summed E-state index contributed by atoms with van der Waals surface area (Å²) in [5.41, 5.74) is 3.79. The number of aromatic nitrogens is 2. The van der Waals surface area contributed by atoms with E-state index in [1.54, 1.807) is 11.3 Å². The van der Waals surface area contributed by atoms with E-state index in [4.69, 9.17) is 0 Å². The van der Waals surface area contributed by atoms with Gasteiger partial charge in [-0.2, -0.15) is 16.4 Å². The number of hydrogen-bond acceptors (Lipinski definition) is 3. The van der Waals surface area contributed by atoms with Crippen molar-refractivity contribution in [3.63, 3.8) is 0 Å². The molecule has 0 saturated carbocycles. The fraction of sp³-hybridized carbons (Fsp3) is 0.364. The van der Waals surface area contributed by atoms with Crippen molar-refractivity contribution in [1.29, 1.82) is 0 Å². The van der Waals surface area contributed by atoms with Gasteiger partial charge in [0.2, 0.25) is 0 Å². The minimum absolute atomic E-state index is 0.188. The van der Waals surface area contributed by atoms with Gasteiger partial charge < -0.3 is 5.32 Å². The molecule has 0 fully saturated rings. The second kappa shape index (κ2) is 4.69. The monoisotopic (exact) mass is 299 g/mol. The van der Waals surface area contributed by atoms with Gasteiger partial charge in [0.1, 0.15) is 0 Å². The van der Waals surface area contributed by atoms with Gasteiger partial charge in [-0.05, 0) is 51.8 Å². The van der Waals surface area contributed by atoms with Crippen molar-refractivity contribution in [2.24, 2.45) is 7.05 Å². The third-order valence-corrected chi connectivity index (χ3v) is 4.20. The molecule has 0 bridgehead atoms. The van der Waals surface area contributed by atoms with Crippen molar-refractivity contribution in [3.8, 4) is 0 Å². The van der Waals surface area contributed by atoms with Gasteiger partial charge in [-0.3, -0.25) is 4.68 Å². The molecular formula is C11H14BrN3S. The van der Waals surface area contributed by atoms with Gasteiger partial charge in [-0.1, -0.05) is 0 Å². The molecule has 1 N–H and O–H groups in total. The van der Waals surface area contributed by atoms with Crippen molar-refractivity contribution < 1.29 is 0 Å². The summed E-state index contributed by atoms with van der Waals surface area (Å²) in [6.07, 6.45) is 1.83. The zero-order valence-electron chi connectivity index (χ0n) is 9.49. The molecular weight excluding hydrogens is 286 g/mol. The van der Waals surface area contributed by atoms with Gasteiger partial charge >= 0.3 is 0 Å². The average Bonchev–Trinajstić information content (AvgIpc) is 2.80. The molecule has 5 heteroatoms. The van der Waals surface area contributed by atoms with Gasteiger partial charge in [0.15, 0.2) is 0 Å². The van der Waals surface area contributed by atoms with E-state index >= 15 is 0 Å². The zero-order chi connectivity index (χ0) is 11.7. The summed E-state index contributed by atoms with van der Waals surface area (Å²) in [5, 5.41) is 12.0. The lowest BCUT2D eigenvalue weighted by atomic mass is 10.0. The first-order valence-electron chi connectivity index (χ1n) is 5.02. The summed E-state index contributed by atoms with van der Waals surface area (Å²) >= 11 is 5.28. The van der Waals surface area contributed by atoms with Crippen LogP contribution < -0.4 is 5.32 Å². The molecule has 0 aromatic carbocycles. The lowest BCUT2D eigenvalue weighted by Crippen LogP contribution is -2.21. The Bertz CT molecular complexity index is 470. The minimum Gasteiger partial charge on any atom is -0.308 e. The lowest BCUT2D eigenvalue weighted by molar-refractivity contribution is 0.603. The van der Waals surface area contributed by atoms with E-state index in [-0.39, 0.29) is 6.04 Å². The highest BCUT2D eigenvalue weighted by Gasteiger charge is 2.20. The number of halogens is 1. The topological polar surface area (TPSA) is 29.9 Å². The Morgan fingerprint density at radius 1 is 1.50 bits per heavy atom. The first-order valence-corrected chi connectivity index (χ1v) is 6.76. The summed E-state index contributed by atoms with van der Waals surface area (Å²) in [5.74, 6) is 0. The van der Waals surface area contributed by atoms with Crippen LogP contribution in [-0.4, -0.2) is 16.8 Å². The maximum atomic E-state index is 4.26. The van der Waals surface area contributed by atoms with Crippen LogP contribution in [0, 0.1) is 6.92 Å². The number of aryl methyl sites for hydroxylation is 2. The van der Waals surface area contributed by atoms with E-state index in [9.17, 15) is 0 Å². The van der Waals surface area contributed by atoms with Gasteiger partial charge in [0.05, 0.1) is 22.4 Å². The van der Waals surface area contributed by atoms with Crippen molar-refractivity contribution in [2.75, 3.05) is 7.05 Å². The summed E-state index contributed by atoms with van der Waals surface area (Å²) in [7, 11) is 3.94. The molecule has 0 aliphatic heterocycles. The molecule has 2 heterocycles. The molecule has 0 saturated heterocycles. The molecule has 2 rings (SSSR count). The van der Waals surface area contributed by atoms with Crippen molar-refractivity contribution >= 4 is 27.3 Å². The molecule has 0 aliphatic rings. The van der Waals surface area contributed by atoms with Crippen LogP contribution in [-0.2, 0) is 7.05 Å². The highest BCUT2D eigenvalue weighted by Crippen LogP contribution is 2.31. The van der Waals surface area contributed by atoms with E-state index in [2.05, 4.69) is 44.0 Å². The molecule has 1 unspecified atom stereocenters. The largest absolute Gasteiger partial charge is 0.308 e. The number of nitrogens with one attached hydrogen (secondary N) is 1. The summed E-state index contributed by atoms with van der Waals surface area (Å²) < 4.78 is 2.95. The van der Waals surface area contributed by atoms with Crippen LogP contribution in [0.5, 0.6) is 0 Å². The minimum atomic E-state index is 0.188. The number of thiophene rings is 1. The van der Waals surface area contributed by atoms with Crippen LogP contribution in [0.2, 0.25) is 0 Å². The normalized spacial score (nSPS) is 13.0. The van der Waals surface area contributed by atoms with Gasteiger partial charge in [0.25, 0.3) is 0 Å². The smallest absolute Gasteiger partial charge is 0.0767 e. The summed E-state index contributed by atoms with van der Waals surface area (Å²) in [6, 6.07) is 0.188. The van der Waals surface area contributed by atoms with Crippen molar-refractivity contribution in [2.45, 2.75) is 13.0 Å². The van der Waals surface area contributed by atoms with E-state index in [0.717, 1.165) is 10.2 Å². The summed E-state index contributed by atoms with van der Waals surface area (Å²) in [6.45, 7) is 2.14. The third kappa shape index (κ3) is 1.95. The van der Waals surface area contributed by atoms with Crippen molar-refractivity contribution in [3.05, 3.63) is 38.3 Å². The van der Waals surface area contributed by atoms with E-state index in [1.165, 1.54) is 11.1 Å². The quantitative estimate of drug-likeness (QED) is 0.944. The Kier molecular flexibility index (Phi) is 3.47. The fourth-order valence-corrected chi connectivity index (χ4v) is 3.30. The molecule has 0 aliphatic carbocycles. The van der Waals surface area contributed by atoms with E-state index in [1.807, 2.05) is 25.0 Å². The van der Waals surface area contributed by atoms with E-state index < -0.39 is 0 Å². The zero-order valence-corrected chi connectivity index (χ0v) is 11.9. The Morgan fingerprint density at radius 3 is 2.69 bits per heavy atom. The molecule has 16 heavy (non-hydrogen) atoms. The third-order valence-electron chi connectivity index (χ3n) is 2.71. The Morgan fingerprint density at radius 2 is 2.25 bits per heavy atom. The fourth-order valence-electron chi connectivity index (χ4n) is 1.85. The maximum absolute atomic E-state index is 4.26. The maximum Gasteiger partial charge on any atom is 0.0767 e. The molecule has 86 valence electrons. The van der Waals surface area contributed by atoms with Gasteiger partial charge in [-0.15, -0.1) is 0 Å². The lowest BCUT2D eigenvalue weighted by Gasteiger charge is -2.17. The second-order valence-electron chi connectivity index (χ2n) is 3.73. The SMILES string of the molecule is CNC(c1cscc1C)c1c(Br)cnn1C. The summed E-state index contributed by atoms with van der Waals surface area (Å²) in [4.78, 5) is 0. The first kappa shape index (κ1) is 11.8. The van der Waals surface area contributed by atoms with Gasteiger partial charge in [-0.25, -0.2) is 0 Å². The molecule has 0 radical (unpaired) electrons. The van der Waals surface area contributed by atoms with Gasteiger partial charge in [0, 0.05) is 7.05 Å². The molecule has 2 aromatic heterocycles. The highest BCUT2D eigenvalue weighted by atomic mass is 79.9. The number of nitrogens with zero attached hydrogens (tertiary/aromatic N) is 2. The highest BCUT2D eigenvalue weighted by molar-refractivity contribution is 9.10. The molecule has 1 atom stereocenters. The molecule has 0 spiro atoms. The van der Waals surface area contributed by atoms with Crippen LogP contribution in [0.4, 0.5) is 0 Å². The van der Waals surface area contributed by atoms with Crippen LogP contribution >= 0.6 is 27.3 Å². The first-order chi connectivity index (χ1) is 7.65. The van der Waals surface area contributed by atoms with Crippen LogP contribution in [0.25, 0.3) is 0 Å². The van der Waals surface area contributed by atoms with Crippen LogP contribution in [0.1, 0.15) is 22.9 Å². The van der Waals surface area contributed by atoms with Crippen LogP contribution in [0.3, 0.4) is 0 Å². The van der Waals surface area contributed by atoms with Crippen molar-refractivity contribution in [1.82, 2.24) is 15.1 Å². The Hall–Kier alpha value is -0.650. The second-order valence-corrected chi connectivity index (χ2v) is 5.33. The molecule has 2 aromatic rings. The molecule has 3 nitrogen and oxygen atoms in total. The number of rotatable bonds is 3. The average molecular weight is 300 g/mol. The Balaban J connectivity index is 2.49. The van der Waals surface area contributed by atoms with E-state index in [0.29, 0.717) is 0 Å².